The molecule has 3 rings (SSSR count). The molecule has 0 spiro atoms. The third kappa shape index (κ3) is 3.65. The second kappa shape index (κ2) is 6.99. The van der Waals surface area contributed by atoms with Crippen molar-refractivity contribution in [3.8, 4) is 5.75 Å². The van der Waals surface area contributed by atoms with Crippen molar-refractivity contribution in [3.63, 3.8) is 0 Å². The molecule has 0 aliphatic carbocycles. The van der Waals surface area contributed by atoms with E-state index in [1.165, 1.54) is 0 Å². The first-order chi connectivity index (χ1) is 11.5. The zero-order valence-electron chi connectivity index (χ0n) is 14.1. The Kier molecular flexibility index (Phi) is 4.96. The lowest BCUT2D eigenvalue weighted by Crippen LogP contribution is -2.43. The van der Waals surface area contributed by atoms with Crippen molar-refractivity contribution in [2.24, 2.45) is 4.99 Å². The number of carbonyl (C=O) groups excluding carboxylic acids is 1. The van der Waals surface area contributed by atoms with Crippen molar-refractivity contribution in [2.45, 2.75) is 25.6 Å². The maximum Gasteiger partial charge on any atom is 0.456 e. The molecule has 0 bridgehead atoms. The molecule has 0 saturated carbocycles. The second-order valence-corrected chi connectivity index (χ2v) is 10.4. The molecule has 4 nitrogen and oxygen atoms in total. The number of nitrogens with zero attached hydrogens (tertiary/aromatic N) is 1. The van der Waals surface area contributed by atoms with E-state index in [9.17, 15) is 4.79 Å². The van der Waals surface area contributed by atoms with Crippen LogP contribution in [-0.4, -0.2) is 38.8 Å². The highest BCUT2D eigenvalue weighted by Crippen LogP contribution is 2.30. The number of benzene rings is 2. The van der Waals surface area contributed by atoms with Gasteiger partial charge in [0.1, 0.15) is 11.8 Å². The lowest BCUT2D eigenvalue weighted by molar-refractivity contribution is -0.137. The fourth-order valence-corrected chi connectivity index (χ4v) is 4.57. The van der Waals surface area contributed by atoms with Gasteiger partial charge in [-0.1, -0.05) is 30.3 Å². The summed E-state index contributed by atoms with van der Waals surface area (Å²) in [6.45, 7) is 3.78. The fraction of sp³-hybridized carbons (Fsp3) is 0.333. The van der Waals surface area contributed by atoms with Crippen LogP contribution in [0.2, 0.25) is 13.1 Å². The van der Waals surface area contributed by atoms with Gasteiger partial charge in [-0.25, -0.2) is 0 Å². The number of carbonyl (C=O) groups is 1. The van der Waals surface area contributed by atoms with Gasteiger partial charge in [0.05, 0.1) is 0 Å². The molecule has 0 radical (unpaired) electrons. The van der Waals surface area contributed by atoms with Gasteiger partial charge in [-0.15, -0.1) is 0 Å². The summed E-state index contributed by atoms with van der Waals surface area (Å²) in [6.07, 6.45) is 4.47. The van der Waals surface area contributed by atoms with Crippen molar-refractivity contribution in [2.75, 3.05) is 12.0 Å². The molecule has 2 aromatic rings. The molecule has 0 amide bonds. The highest BCUT2D eigenvalue weighted by molar-refractivity contribution is 7.98. The third-order valence-electron chi connectivity index (χ3n) is 3.88. The fourth-order valence-electron chi connectivity index (χ4n) is 2.74. The van der Waals surface area contributed by atoms with Crippen molar-refractivity contribution < 1.29 is 13.6 Å². The summed E-state index contributed by atoms with van der Waals surface area (Å²) in [4.78, 5) is 17.0. The molecule has 2 aromatic carbocycles. The topological polar surface area (TPSA) is 47.9 Å². The molecule has 0 unspecified atom stereocenters. The molecule has 0 aromatic heterocycles. The molecule has 1 aliphatic heterocycles. The standard InChI is InChI=1S/C18H21NO3SSi/c1-23-11-10-16-18(20)22-24(2,3)21-17-9-8-13-6-4-5-7-14(13)15(17)12-19-16/h4-9,12,16H,10-11H2,1-3H3/t16-/m0/s1. The number of thioether (sulfide) groups is 1. The number of aliphatic imine (C=N–C) groups is 1. The largest absolute Gasteiger partial charge is 0.511 e. The van der Waals surface area contributed by atoms with Gasteiger partial charge in [0, 0.05) is 24.9 Å². The van der Waals surface area contributed by atoms with E-state index >= 15 is 0 Å². The zero-order chi connectivity index (χ0) is 17.2. The highest BCUT2D eigenvalue weighted by Gasteiger charge is 2.35. The molecule has 24 heavy (non-hydrogen) atoms. The molecular weight excluding hydrogens is 338 g/mol. The Morgan fingerprint density at radius 3 is 2.75 bits per heavy atom. The van der Waals surface area contributed by atoms with Crippen LogP contribution >= 0.6 is 11.8 Å². The average molecular weight is 360 g/mol. The van der Waals surface area contributed by atoms with E-state index < -0.39 is 14.6 Å². The molecule has 0 N–H and O–H groups in total. The Morgan fingerprint density at radius 2 is 1.96 bits per heavy atom. The van der Waals surface area contributed by atoms with Crippen LogP contribution in [0.15, 0.2) is 41.4 Å². The van der Waals surface area contributed by atoms with Crippen LogP contribution in [0.4, 0.5) is 0 Å². The van der Waals surface area contributed by atoms with E-state index in [1.54, 1.807) is 18.0 Å². The normalized spacial score (nSPS) is 19.6. The zero-order valence-corrected chi connectivity index (χ0v) is 15.9. The summed E-state index contributed by atoms with van der Waals surface area (Å²) in [5, 5.41) is 2.19. The average Bonchev–Trinajstić information content (AvgIpc) is 2.59. The molecule has 0 fully saturated rings. The minimum atomic E-state index is -2.62. The second-order valence-electron chi connectivity index (χ2n) is 6.20. The number of rotatable bonds is 3. The smallest absolute Gasteiger partial charge is 0.456 e. The monoisotopic (exact) mass is 359 g/mol. The lowest BCUT2D eigenvalue weighted by Gasteiger charge is -2.25. The van der Waals surface area contributed by atoms with Crippen LogP contribution < -0.4 is 4.43 Å². The van der Waals surface area contributed by atoms with Gasteiger partial charge in [0.15, 0.2) is 0 Å². The van der Waals surface area contributed by atoms with Crippen LogP contribution in [0.3, 0.4) is 0 Å². The Bertz CT molecular complexity index is 791. The Hall–Kier alpha value is -1.79. The van der Waals surface area contributed by atoms with Crippen molar-refractivity contribution in [1.82, 2.24) is 0 Å². The van der Waals surface area contributed by atoms with Crippen molar-refractivity contribution in [3.05, 3.63) is 42.0 Å². The van der Waals surface area contributed by atoms with E-state index in [-0.39, 0.29) is 5.97 Å². The summed E-state index contributed by atoms with van der Waals surface area (Å²) >= 11 is 1.70. The molecule has 1 aliphatic rings. The first kappa shape index (κ1) is 17.0. The minimum absolute atomic E-state index is 0.283. The predicted molar refractivity (Wildman–Crippen MR) is 103 cm³/mol. The van der Waals surface area contributed by atoms with E-state index in [4.69, 9.17) is 8.85 Å². The molecule has 1 atom stereocenters. The summed E-state index contributed by atoms with van der Waals surface area (Å²) in [5.74, 6) is 1.31. The van der Waals surface area contributed by atoms with Crippen LogP contribution in [0, 0.1) is 0 Å². The summed E-state index contributed by atoms with van der Waals surface area (Å²) in [6, 6.07) is 11.6. The first-order valence-electron chi connectivity index (χ1n) is 7.96. The third-order valence-corrected chi connectivity index (χ3v) is 5.93. The quantitative estimate of drug-likeness (QED) is 0.777. The number of fused-ring (bicyclic) bond motifs is 3. The van der Waals surface area contributed by atoms with E-state index in [2.05, 4.69) is 17.1 Å². The first-order valence-corrected chi connectivity index (χ1v) is 12.2. The van der Waals surface area contributed by atoms with Gasteiger partial charge in [-0.3, -0.25) is 9.79 Å². The molecule has 126 valence electrons. The van der Waals surface area contributed by atoms with Crippen LogP contribution in [0.25, 0.3) is 10.8 Å². The highest BCUT2D eigenvalue weighted by atomic mass is 32.2. The summed E-state index contributed by atoms with van der Waals surface area (Å²) < 4.78 is 11.8. The molecule has 0 saturated heterocycles. The van der Waals surface area contributed by atoms with Gasteiger partial charge in [-0.05, 0) is 35.3 Å². The maximum absolute atomic E-state index is 12.5. The minimum Gasteiger partial charge on any atom is -0.511 e. The Morgan fingerprint density at radius 1 is 1.17 bits per heavy atom. The van der Waals surface area contributed by atoms with Crippen LogP contribution in [-0.2, 0) is 9.22 Å². The SMILES string of the molecule is CSCC[C@@H]1N=Cc2c(ccc3ccccc23)O[Si](C)(C)OC1=O. The lowest BCUT2D eigenvalue weighted by atomic mass is 10.0. The summed E-state index contributed by atoms with van der Waals surface area (Å²) in [5.41, 5.74) is 0.918. The maximum atomic E-state index is 12.5. The van der Waals surface area contributed by atoms with Crippen LogP contribution in [0.5, 0.6) is 5.75 Å². The van der Waals surface area contributed by atoms with E-state index in [1.807, 2.05) is 43.6 Å². The number of hydrogen-bond acceptors (Lipinski definition) is 5. The number of hydrogen-bond donors (Lipinski definition) is 0. The summed E-state index contributed by atoms with van der Waals surface area (Å²) in [7, 11) is -2.62. The van der Waals surface area contributed by atoms with Gasteiger partial charge in [0.25, 0.3) is 0 Å². The van der Waals surface area contributed by atoms with Gasteiger partial charge < -0.3 is 8.85 Å². The van der Waals surface area contributed by atoms with Gasteiger partial charge in [0.2, 0.25) is 0 Å². The van der Waals surface area contributed by atoms with Crippen molar-refractivity contribution >= 4 is 43.3 Å². The molecule has 1 heterocycles. The van der Waals surface area contributed by atoms with E-state index in [0.717, 1.165) is 27.8 Å². The molecular formula is C18H21NO3SSi. The van der Waals surface area contributed by atoms with Gasteiger partial charge >= 0.3 is 14.5 Å². The molecule has 6 heteroatoms. The van der Waals surface area contributed by atoms with E-state index in [0.29, 0.717) is 6.42 Å². The Labute approximate surface area is 147 Å². The predicted octanol–water partition coefficient (Wildman–Crippen LogP) is 4.02. The van der Waals surface area contributed by atoms with Crippen molar-refractivity contribution in [1.29, 1.82) is 0 Å². The van der Waals surface area contributed by atoms with Crippen LogP contribution in [0.1, 0.15) is 12.0 Å². The van der Waals surface area contributed by atoms with Gasteiger partial charge in [-0.2, -0.15) is 11.8 Å². The Balaban J connectivity index is 2.11.